The average Bonchev–Trinajstić information content (AvgIpc) is 3.50. The van der Waals surface area contributed by atoms with E-state index < -0.39 is 0 Å². The van der Waals surface area contributed by atoms with E-state index in [1.807, 2.05) is 40.6 Å². The molecule has 3 aromatic rings. The third-order valence-electron chi connectivity index (χ3n) is 6.33. The minimum absolute atomic E-state index is 0.0588. The maximum atomic E-state index is 13.6. The summed E-state index contributed by atoms with van der Waals surface area (Å²) in [5.74, 6) is 0.435. The minimum atomic E-state index is -0.0726. The Bertz CT molecular complexity index is 1290. The lowest BCUT2D eigenvalue weighted by Gasteiger charge is -2.30. The van der Waals surface area contributed by atoms with Gasteiger partial charge in [-0.15, -0.1) is 11.3 Å². The molecule has 1 saturated carbocycles. The molecule has 0 atom stereocenters. The molecule has 1 N–H and O–H groups in total. The molecule has 2 heterocycles. The number of aromatic nitrogens is 1. The molecule has 2 aromatic carbocycles. The third-order valence-corrected chi connectivity index (χ3v) is 8.05. The highest BCUT2D eigenvalue weighted by molar-refractivity contribution is 8.18. The molecule has 0 bridgehead atoms. The van der Waals surface area contributed by atoms with Gasteiger partial charge in [-0.25, -0.2) is 4.98 Å². The van der Waals surface area contributed by atoms with E-state index in [4.69, 9.17) is 19.5 Å². The lowest BCUT2D eigenvalue weighted by molar-refractivity contribution is -0.124. The molecule has 1 aliphatic heterocycles. The summed E-state index contributed by atoms with van der Waals surface area (Å²) in [6, 6.07) is 13.5. The predicted molar refractivity (Wildman–Crippen MR) is 145 cm³/mol. The van der Waals surface area contributed by atoms with Crippen molar-refractivity contribution in [2.45, 2.75) is 38.1 Å². The monoisotopic (exact) mass is 521 g/mol. The summed E-state index contributed by atoms with van der Waals surface area (Å²) in [5, 5.41) is 13.5. The van der Waals surface area contributed by atoms with E-state index in [0.717, 1.165) is 36.9 Å². The fourth-order valence-corrected chi connectivity index (χ4v) is 6.31. The zero-order chi connectivity index (χ0) is 25.1. The summed E-state index contributed by atoms with van der Waals surface area (Å²) in [5.41, 5.74) is 2.61. The fourth-order valence-electron chi connectivity index (χ4n) is 4.51. The second-order valence-corrected chi connectivity index (χ2v) is 10.5. The van der Waals surface area contributed by atoms with Gasteiger partial charge in [0.05, 0.1) is 24.8 Å². The van der Waals surface area contributed by atoms with E-state index in [0.29, 0.717) is 20.8 Å². The Morgan fingerprint density at radius 1 is 1.08 bits per heavy atom. The van der Waals surface area contributed by atoms with Crippen LogP contribution in [-0.4, -0.2) is 46.3 Å². The zero-order valence-electron chi connectivity index (χ0n) is 20.1. The van der Waals surface area contributed by atoms with Crippen molar-refractivity contribution in [2.24, 2.45) is 4.99 Å². The van der Waals surface area contributed by atoms with Gasteiger partial charge in [0.25, 0.3) is 5.91 Å². The first-order chi connectivity index (χ1) is 17.6. The first-order valence-electron chi connectivity index (χ1n) is 11.8. The predicted octanol–water partition coefficient (Wildman–Crippen LogP) is 6.47. The summed E-state index contributed by atoms with van der Waals surface area (Å²) in [6.45, 7) is 0. The van der Waals surface area contributed by atoms with Crippen LogP contribution in [-0.2, 0) is 4.79 Å². The van der Waals surface area contributed by atoms with Crippen LogP contribution in [0.15, 0.2) is 57.7 Å². The molecule has 0 spiro atoms. The normalized spacial score (nSPS) is 18.8. The van der Waals surface area contributed by atoms with Crippen LogP contribution in [0, 0.1) is 0 Å². The second-order valence-electron chi connectivity index (χ2n) is 8.63. The summed E-state index contributed by atoms with van der Waals surface area (Å²) in [7, 11) is 2.96. The summed E-state index contributed by atoms with van der Waals surface area (Å²) >= 11 is 2.82. The van der Waals surface area contributed by atoms with Crippen LogP contribution in [0.25, 0.3) is 17.3 Å². The van der Waals surface area contributed by atoms with Gasteiger partial charge in [0.1, 0.15) is 0 Å². The van der Waals surface area contributed by atoms with Crippen molar-refractivity contribution in [3.05, 3.63) is 58.3 Å². The molecule has 1 saturated heterocycles. The van der Waals surface area contributed by atoms with E-state index in [-0.39, 0.29) is 29.2 Å². The van der Waals surface area contributed by atoms with Gasteiger partial charge in [0.15, 0.2) is 16.7 Å². The van der Waals surface area contributed by atoms with E-state index >= 15 is 0 Å². The lowest BCUT2D eigenvalue weighted by Crippen LogP contribution is -2.40. The number of aromatic hydroxyl groups is 1. The van der Waals surface area contributed by atoms with Crippen molar-refractivity contribution in [1.29, 1.82) is 0 Å². The number of thioether (sulfide) groups is 1. The van der Waals surface area contributed by atoms with Gasteiger partial charge in [-0.3, -0.25) is 9.69 Å². The molecular weight excluding hydrogens is 494 g/mol. The van der Waals surface area contributed by atoms with Crippen LogP contribution >= 0.6 is 23.1 Å². The van der Waals surface area contributed by atoms with Gasteiger partial charge in [0.2, 0.25) is 10.9 Å². The number of methoxy groups -OCH3 is 2. The van der Waals surface area contributed by atoms with Crippen molar-refractivity contribution in [3.63, 3.8) is 0 Å². The SMILES string of the molecule is COc1cc(/C=C2\S/C(=N/c3nc(-c4ccccc4)cs3)N(C3CCCCC3)C2=O)cc(OC)c1O. The maximum Gasteiger partial charge on any atom is 0.267 e. The van der Waals surface area contributed by atoms with Gasteiger partial charge in [-0.05, 0) is 48.4 Å². The van der Waals surface area contributed by atoms with Crippen LogP contribution < -0.4 is 9.47 Å². The highest BCUT2D eigenvalue weighted by Crippen LogP contribution is 2.42. The van der Waals surface area contributed by atoms with Crippen molar-refractivity contribution < 1.29 is 19.4 Å². The third kappa shape index (κ3) is 4.99. The first kappa shape index (κ1) is 24.4. The quantitative estimate of drug-likeness (QED) is 0.374. The Kier molecular flexibility index (Phi) is 7.29. The number of aliphatic imine (C=N–C) groups is 1. The van der Waals surface area contributed by atoms with Crippen LogP contribution in [0.1, 0.15) is 37.7 Å². The van der Waals surface area contributed by atoms with Crippen LogP contribution in [0.3, 0.4) is 0 Å². The molecular formula is C27H27N3O4S2. The standard InChI is InChI=1S/C27H27N3O4S2/c1-33-21-13-17(14-22(34-2)24(21)31)15-23-25(32)30(19-11-7-4-8-12-19)27(36-23)29-26-28-20(16-35-26)18-9-5-3-6-10-18/h3,5-6,9-10,13-16,19,31H,4,7-8,11-12H2,1-2H3/b23-15-,29-27+. The Hall–Kier alpha value is -3.30. The minimum Gasteiger partial charge on any atom is -0.502 e. The molecule has 5 rings (SSSR count). The van der Waals surface area contributed by atoms with Gasteiger partial charge in [-0.1, -0.05) is 49.6 Å². The van der Waals surface area contributed by atoms with Crippen LogP contribution in [0.4, 0.5) is 5.13 Å². The number of phenols is 1. The maximum absolute atomic E-state index is 13.6. The number of carbonyl (C=O) groups excluding carboxylic acids is 1. The largest absolute Gasteiger partial charge is 0.502 e. The molecule has 2 aliphatic rings. The number of phenolic OH excluding ortho intramolecular Hbond substituents is 1. The molecule has 36 heavy (non-hydrogen) atoms. The molecule has 2 fully saturated rings. The second kappa shape index (κ2) is 10.8. The molecule has 0 radical (unpaired) electrons. The fraction of sp³-hybridized carbons (Fsp3) is 0.296. The van der Waals surface area contributed by atoms with E-state index in [1.165, 1.54) is 43.7 Å². The highest BCUT2D eigenvalue weighted by Gasteiger charge is 2.39. The van der Waals surface area contributed by atoms with E-state index in [9.17, 15) is 9.90 Å². The first-order valence-corrected chi connectivity index (χ1v) is 13.5. The van der Waals surface area contributed by atoms with Gasteiger partial charge in [-0.2, -0.15) is 4.99 Å². The number of carbonyl (C=O) groups is 1. The number of ether oxygens (including phenoxy) is 2. The molecule has 186 valence electrons. The Morgan fingerprint density at radius 3 is 2.44 bits per heavy atom. The summed E-state index contributed by atoms with van der Waals surface area (Å²) in [4.78, 5) is 25.6. The van der Waals surface area contributed by atoms with Crippen LogP contribution in [0.2, 0.25) is 0 Å². The molecule has 1 amide bonds. The van der Waals surface area contributed by atoms with Gasteiger partial charge >= 0.3 is 0 Å². The molecule has 1 aromatic heterocycles. The van der Waals surface area contributed by atoms with Crippen molar-refractivity contribution in [2.75, 3.05) is 14.2 Å². The number of benzene rings is 2. The number of thiazole rings is 1. The van der Waals surface area contributed by atoms with E-state index in [2.05, 4.69) is 0 Å². The van der Waals surface area contributed by atoms with Gasteiger partial charge < -0.3 is 14.6 Å². The Morgan fingerprint density at radius 2 is 1.78 bits per heavy atom. The zero-order valence-corrected chi connectivity index (χ0v) is 21.8. The van der Waals surface area contributed by atoms with Gasteiger partial charge in [0, 0.05) is 17.0 Å². The smallest absolute Gasteiger partial charge is 0.267 e. The Labute approximate surface area is 218 Å². The number of rotatable bonds is 6. The number of nitrogens with zero attached hydrogens (tertiary/aromatic N) is 3. The van der Waals surface area contributed by atoms with Crippen molar-refractivity contribution >= 4 is 45.4 Å². The number of hydrogen-bond acceptors (Lipinski definition) is 8. The number of amides is 1. The van der Waals surface area contributed by atoms with E-state index in [1.54, 1.807) is 18.2 Å². The summed E-state index contributed by atoms with van der Waals surface area (Å²) in [6.07, 6.45) is 7.13. The molecule has 7 nitrogen and oxygen atoms in total. The molecule has 1 aliphatic carbocycles. The number of hydrogen-bond donors (Lipinski definition) is 1. The Balaban J connectivity index is 1.50. The molecule has 9 heteroatoms. The number of amidine groups is 1. The van der Waals surface area contributed by atoms with Crippen molar-refractivity contribution in [1.82, 2.24) is 9.88 Å². The highest BCUT2D eigenvalue weighted by atomic mass is 32.2. The molecule has 0 unspecified atom stereocenters. The summed E-state index contributed by atoms with van der Waals surface area (Å²) < 4.78 is 10.6. The van der Waals surface area contributed by atoms with Crippen molar-refractivity contribution in [3.8, 4) is 28.5 Å². The average molecular weight is 522 g/mol. The lowest BCUT2D eigenvalue weighted by atomic mass is 9.94. The van der Waals surface area contributed by atoms with Crippen LogP contribution in [0.5, 0.6) is 17.2 Å². The topological polar surface area (TPSA) is 84.3 Å².